The van der Waals surface area contributed by atoms with E-state index in [0.717, 1.165) is 17.0 Å². The van der Waals surface area contributed by atoms with Crippen molar-refractivity contribution in [2.45, 2.75) is 6.42 Å². The minimum absolute atomic E-state index is 0.192. The molecule has 0 spiro atoms. The quantitative estimate of drug-likeness (QED) is 0.466. The first-order chi connectivity index (χ1) is 6.61. The lowest BCUT2D eigenvalue weighted by Gasteiger charge is -2.16. The minimum Gasteiger partial charge on any atom is -0.375 e. The third-order valence-corrected chi connectivity index (χ3v) is 2.47. The van der Waals surface area contributed by atoms with E-state index < -0.39 is 0 Å². The van der Waals surface area contributed by atoms with E-state index in [-0.39, 0.29) is 5.11 Å². The summed E-state index contributed by atoms with van der Waals surface area (Å²) in [6, 6.07) is 7.62. The Labute approximate surface area is 93.6 Å². The van der Waals surface area contributed by atoms with Crippen LogP contribution in [0.15, 0.2) is 24.3 Å². The molecule has 0 aliphatic heterocycles. The molecule has 0 aromatic heterocycles. The fourth-order valence-corrected chi connectivity index (χ4v) is 1.37. The Morgan fingerprint density at radius 3 is 2.64 bits per heavy atom. The lowest BCUT2D eigenvalue weighted by Crippen LogP contribution is -2.42. The van der Waals surface area contributed by atoms with Gasteiger partial charge < -0.3 is 5.73 Å². The SMILES string of the molecule is NC(=S)N(N)CCc1ccccc1Cl. The summed E-state index contributed by atoms with van der Waals surface area (Å²) < 4.78 is 0. The highest BCUT2D eigenvalue weighted by molar-refractivity contribution is 7.80. The van der Waals surface area contributed by atoms with Crippen LogP contribution in [-0.4, -0.2) is 16.7 Å². The van der Waals surface area contributed by atoms with Crippen LogP contribution in [0, 0.1) is 0 Å². The van der Waals surface area contributed by atoms with Gasteiger partial charge in [-0.3, -0.25) is 5.01 Å². The van der Waals surface area contributed by atoms with Crippen LogP contribution in [0.2, 0.25) is 5.02 Å². The van der Waals surface area contributed by atoms with Gasteiger partial charge in [0, 0.05) is 11.6 Å². The predicted molar refractivity (Wildman–Crippen MR) is 62.8 cm³/mol. The lowest BCUT2D eigenvalue weighted by atomic mass is 10.1. The van der Waals surface area contributed by atoms with Gasteiger partial charge in [0.05, 0.1) is 0 Å². The molecule has 0 heterocycles. The molecular weight excluding hydrogens is 218 g/mol. The minimum atomic E-state index is 0.192. The van der Waals surface area contributed by atoms with Crippen LogP contribution in [0.3, 0.4) is 0 Å². The van der Waals surface area contributed by atoms with Crippen molar-refractivity contribution in [3.05, 3.63) is 34.9 Å². The molecule has 0 unspecified atom stereocenters. The third kappa shape index (κ3) is 3.14. The van der Waals surface area contributed by atoms with Crippen molar-refractivity contribution in [2.24, 2.45) is 11.6 Å². The van der Waals surface area contributed by atoms with Crippen molar-refractivity contribution in [1.82, 2.24) is 5.01 Å². The van der Waals surface area contributed by atoms with Crippen molar-refractivity contribution in [3.63, 3.8) is 0 Å². The summed E-state index contributed by atoms with van der Waals surface area (Å²) in [7, 11) is 0. The Morgan fingerprint density at radius 1 is 1.43 bits per heavy atom. The number of hydrazine groups is 1. The highest BCUT2D eigenvalue weighted by Crippen LogP contribution is 2.15. The van der Waals surface area contributed by atoms with E-state index in [1.54, 1.807) is 0 Å². The van der Waals surface area contributed by atoms with Gasteiger partial charge >= 0.3 is 0 Å². The van der Waals surface area contributed by atoms with Crippen LogP contribution in [0.1, 0.15) is 5.56 Å². The summed E-state index contributed by atoms with van der Waals surface area (Å²) in [6.45, 7) is 0.569. The number of nitrogens with two attached hydrogens (primary N) is 2. The van der Waals surface area contributed by atoms with Gasteiger partial charge in [-0.2, -0.15) is 0 Å². The van der Waals surface area contributed by atoms with E-state index in [2.05, 4.69) is 0 Å². The Hall–Kier alpha value is -0.840. The zero-order valence-electron chi connectivity index (χ0n) is 7.61. The van der Waals surface area contributed by atoms with E-state index in [1.807, 2.05) is 24.3 Å². The molecular formula is C9H12ClN3S. The van der Waals surface area contributed by atoms with Crippen molar-refractivity contribution in [1.29, 1.82) is 0 Å². The average Bonchev–Trinajstić information content (AvgIpc) is 2.16. The molecule has 0 aliphatic carbocycles. The van der Waals surface area contributed by atoms with Crippen molar-refractivity contribution in [2.75, 3.05) is 6.54 Å². The molecule has 14 heavy (non-hydrogen) atoms. The largest absolute Gasteiger partial charge is 0.375 e. The van der Waals surface area contributed by atoms with Gasteiger partial charge in [-0.1, -0.05) is 29.8 Å². The molecule has 4 N–H and O–H groups in total. The molecule has 3 nitrogen and oxygen atoms in total. The summed E-state index contributed by atoms with van der Waals surface area (Å²) >= 11 is 10.7. The first-order valence-corrected chi connectivity index (χ1v) is 4.95. The van der Waals surface area contributed by atoms with Crippen LogP contribution < -0.4 is 11.6 Å². The molecule has 0 radical (unpaired) electrons. The van der Waals surface area contributed by atoms with Gasteiger partial charge in [0.1, 0.15) is 0 Å². The van der Waals surface area contributed by atoms with Gasteiger partial charge in [-0.05, 0) is 30.3 Å². The number of hydrogen-bond acceptors (Lipinski definition) is 2. The molecule has 1 aromatic carbocycles. The molecule has 76 valence electrons. The number of halogens is 1. The topological polar surface area (TPSA) is 55.3 Å². The predicted octanol–water partition coefficient (Wildman–Crippen LogP) is 1.30. The molecule has 1 rings (SSSR count). The average molecular weight is 230 g/mol. The van der Waals surface area contributed by atoms with Gasteiger partial charge in [0.2, 0.25) is 0 Å². The fraction of sp³-hybridized carbons (Fsp3) is 0.222. The number of rotatable bonds is 3. The Balaban J connectivity index is 2.54. The second-order valence-electron chi connectivity index (χ2n) is 2.87. The van der Waals surface area contributed by atoms with E-state index in [1.165, 1.54) is 5.01 Å². The van der Waals surface area contributed by atoms with Crippen LogP contribution >= 0.6 is 23.8 Å². The molecule has 0 bridgehead atoms. The van der Waals surface area contributed by atoms with E-state index in [0.29, 0.717) is 6.54 Å². The van der Waals surface area contributed by atoms with Crippen molar-refractivity contribution >= 4 is 28.9 Å². The maximum atomic E-state index is 5.96. The monoisotopic (exact) mass is 229 g/mol. The highest BCUT2D eigenvalue weighted by atomic mass is 35.5. The molecule has 5 heteroatoms. The second-order valence-corrected chi connectivity index (χ2v) is 3.70. The Kier molecular flexibility index (Phi) is 4.13. The Morgan fingerprint density at radius 2 is 2.07 bits per heavy atom. The number of nitrogens with zero attached hydrogens (tertiary/aromatic N) is 1. The number of benzene rings is 1. The maximum Gasteiger partial charge on any atom is 0.180 e. The molecule has 0 atom stereocenters. The van der Waals surface area contributed by atoms with Gasteiger partial charge in [0.25, 0.3) is 0 Å². The summed E-state index contributed by atoms with van der Waals surface area (Å²) in [6.07, 6.45) is 0.730. The second kappa shape index (κ2) is 5.14. The number of hydrogen-bond donors (Lipinski definition) is 2. The summed E-state index contributed by atoms with van der Waals surface area (Å²) in [5.41, 5.74) is 6.38. The summed E-state index contributed by atoms with van der Waals surface area (Å²) in [5.74, 6) is 5.54. The summed E-state index contributed by atoms with van der Waals surface area (Å²) in [4.78, 5) is 0. The van der Waals surface area contributed by atoms with Crippen LogP contribution in [-0.2, 0) is 6.42 Å². The highest BCUT2D eigenvalue weighted by Gasteiger charge is 2.03. The van der Waals surface area contributed by atoms with E-state index >= 15 is 0 Å². The fourth-order valence-electron chi connectivity index (χ4n) is 1.05. The summed E-state index contributed by atoms with van der Waals surface area (Å²) in [5, 5.41) is 2.26. The number of thiocarbonyl (C=S) groups is 1. The zero-order valence-corrected chi connectivity index (χ0v) is 9.18. The molecule has 0 aliphatic rings. The molecule has 0 saturated heterocycles. The van der Waals surface area contributed by atoms with Crippen molar-refractivity contribution < 1.29 is 0 Å². The lowest BCUT2D eigenvalue weighted by molar-refractivity contribution is 0.447. The third-order valence-electron chi connectivity index (χ3n) is 1.86. The van der Waals surface area contributed by atoms with Crippen molar-refractivity contribution in [3.8, 4) is 0 Å². The van der Waals surface area contributed by atoms with Crippen LogP contribution in [0.4, 0.5) is 0 Å². The standard InChI is InChI=1S/C9H12ClN3S/c10-8-4-2-1-3-7(8)5-6-13(12)9(11)14/h1-4H,5-6,12H2,(H2,11,14). The first kappa shape index (κ1) is 11.2. The van der Waals surface area contributed by atoms with E-state index in [4.69, 9.17) is 35.4 Å². The van der Waals surface area contributed by atoms with Gasteiger partial charge in [-0.15, -0.1) is 0 Å². The van der Waals surface area contributed by atoms with Crippen LogP contribution in [0.5, 0.6) is 0 Å². The smallest absolute Gasteiger partial charge is 0.180 e. The van der Waals surface area contributed by atoms with Crippen LogP contribution in [0.25, 0.3) is 0 Å². The normalized spacial score (nSPS) is 9.86. The maximum absolute atomic E-state index is 5.96. The molecule has 0 fully saturated rings. The molecule has 0 amide bonds. The van der Waals surface area contributed by atoms with E-state index in [9.17, 15) is 0 Å². The Bertz CT molecular complexity index is 330. The molecule has 1 aromatic rings. The van der Waals surface area contributed by atoms with Gasteiger partial charge in [-0.25, -0.2) is 5.84 Å². The first-order valence-electron chi connectivity index (χ1n) is 4.16. The zero-order chi connectivity index (χ0) is 10.6. The molecule has 0 saturated carbocycles. The van der Waals surface area contributed by atoms with Gasteiger partial charge in [0.15, 0.2) is 5.11 Å².